The third kappa shape index (κ3) is 2.47. The molecule has 0 bridgehead atoms. The van der Waals surface area contributed by atoms with E-state index < -0.39 is 11.9 Å². The molecule has 4 heteroatoms. The first-order valence-corrected chi connectivity index (χ1v) is 5.07. The lowest BCUT2D eigenvalue weighted by Gasteiger charge is -2.33. The topological polar surface area (TPSA) is 63.4 Å². The minimum Gasteiger partial charge on any atom is -0.368 e. The lowest BCUT2D eigenvalue weighted by Crippen LogP contribution is -2.50. The zero-order chi connectivity index (χ0) is 10.6. The number of hydrogen-bond donors (Lipinski definition) is 1. The number of piperidine rings is 1. The van der Waals surface area contributed by atoms with Crippen molar-refractivity contribution >= 4 is 11.8 Å². The van der Waals surface area contributed by atoms with Gasteiger partial charge in [0, 0.05) is 13.0 Å². The molecule has 2 amide bonds. The van der Waals surface area contributed by atoms with Gasteiger partial charge in [-0.1, -0.05) is 6.92 Å². The lowest BCUT2D eigenvalue weighted by molar-refractivity contribution is -0.140. The molecule has 4 nitrogen and oxygen atoms in total. The van der Waals surface area contributed by atoms with Crippen LogP contribution in [-0.4, -0.2) is 29.3 Å². The molecule has 1 aliphatic rings. The first-order valence-electron chi connectivity index (χ1n) is 5.07. The minimum absolute atomic E-state index is 0.0457. The van der Waals surface area contributed by atoms with Crippen LogP contribution in [0.25, 0.3) is 0 Å². The standard InChI is InChI=1S/C10H17N2O2/c1-2-5-9(13)12-7-4-3-6-8(12)10(11)14/h3,8H,2,4-7H2,1H3,(H2,11,14). The normalized spacial score (nSPS) is 22.1. The van der Waals surface area contributed by atoms with Crippen LogP contribution in [-0.2, 0) is 9.59 Å². The molecule has 2 N–H and O–H groups in total. The zero-order valence-electron chi connectivity index (χ0n) is 8.53. The molecule has 1 aliphatic heterocycles. The predicted molar refractivity (Wildman–Crippen MR) is 53.1 cm³/mol. The molecule has 1 radical (unpaired) electrons. The van der Waals surface area contributed by atoms with Crippen molar-refractivity contribution in [3.05, 3.63) is 6.42 Å². The van der Waals surface area contributed by atoms with E-state index in [4.69, 9.17) is 5.73 Å². The van der Waals surface area contributed by atoms with Crippen molar-refractivity contribution in [2.75, 3.05) is 6.54 Å². The minimum atomic E-state index is -0.414. The van der Waals surface area contributed by atoms with E-state index in [-0.39, 0.29) is 5.91 Å². The van der Waals surface area contributed by atoms with Crippen LogP contribution in [0.1, 0.15) is 32.6 Å². The monoisotopic (exact) mass is 197 g/mol. The van der Waals surface area contributed by atoms with Crippen LogP contribution in [0.5, 0.6) is 0 Å². The van der Waals surface area contributed by atoms with E-state index in [0.29, 0.717) is 19.4 Å². The van der Waals surface area contributed by atoms with Gasteiger partial charge in [0.05, 0.1) is 0 Å². The SMILES string of the molecule is CCCC(=O)N1CC[CH]CC1C(N)=O. The fraction of sp³-hybridized carbons (Fsp3) is 0.700. The Balaban J connectivity index is 2.62. The molecule has 79 valence electrons. The Morgan fingerprint density at radius 1 is 1.57 bits per heavy atom. The number of nitrogens with two attached hydrogens (primary N) is 1. The summed E-state index contributed by atoms with van der Waals surface area (Å²) in [7, 11) is 0. The van der Waals surface area contributed by atoms with E-state index in [1.807, 2.05) is 13.3 Å². The van der Waals surface area contributed by atoms with Crippen molar-refractivity contribution in [2.45, 2.75) is 38.6 Å². The molecule has 14 heavy (non-hydrogen) atoms. The summed E-state index contributed by atoms with van der Waals surface area (Å²) in [6, 6.07) is -0.414. The molecule has 0 aromatic carbocycles. The molecule has 1 heterocycles. The van der Waals surface area contributed by atoms with Crippen LogP contribution >= 0.6 is 0 Å². The van der Waals surface area contributed by atoms with Gasteiger partial charge < -0.3 is 10.6 Å². The van der Waals surface area contributed by atoms with Crippen molar-refractivity contribution in [2.24, 2.45) is 5.73 Å². The van der Waals surface area contributed by atoms with Gasteiger partial charge in [-0.05, 0) is 25.7 Å². The summed E-state index contributed by atoms with van der Waals surface area (Å²) in [5.74, 6) is -0.352. The second-order valence-corrected chi connectivity index (χ2v) is 3.57. The fourth-order valence-corrected chi connectivity index (χ4v) is 1.71. The number of rotatable bonds is 3. The summed E-state index contributed by atoms with van der Waals surface area (Å²) in [5.41, 5.74) is 5.24. The molecule has 1 saturated heterocycles. The van der Waals surface area contributed by atoms with E-state index in [0.717, 1.165) is 12.8 Å². The predicted octanol–water partition coefficient (Wildman–Crippen LogP) is 0.467. The summed E-state index contributed by atoms with van der Waals surface area (Å²) in [5, 5.41) is 0. The van der Waals surface area contributed by atoms with Crippen LogP contribution < -0.4 is 5.73 Å². The van der Waals surface area contributed by atoms with Crippen molar-refractivity contribution < 1.29 is 9.59 Å². The first kappa shape index (κ1) is 11.0. The highest BCUT2D eigenvalue weighted by molar-refractivity contribution is 5.87. The summed E-state index contributed by atoms with van der Waals surface area (Å²) < 4.78 is 0. The van der Waals surface area contributed by atoms with Crippen molar-refractivity contribution in [3.63, 3.8) is 0 Å². The van der Waals surface area contributed by atoms with E-state index in [1.54, 1.807) is 4.90 Å². The molecule has 1 fully saturated rings. The maximum absolute atomic E-state index is 11.6. The maximum Gasteiger partial charge on any atom is 0.240 e. The molecule has 0 aromatic heterocycles. The number of nitrogens with zero attached hydrogens (tertiary/aromatic N) is 1. The molecule has 1 unspecified atom stereocenters. The second-order valence-electron chi connectivity index (χ2n) is 3.57. The Labute approximate surface area is 84.4 Å². The maximum atomic E-state index is 11.6. The molecule has 0 aliphatic carbocycles. The average Bonchev–Trinajstić information content (AvgIpc) is 2.18. The van der Waals surface area contributed by atoms with Gasteiger partial charge in [0.15, 0.2) is 0 Å². The van der Waals surface area contributed by atoms with Crippen molar-refractivity contribution in [3.8, 4) is 0 Å². The molecule has 0 aromatic rings. The number of amides is 2. The first-order chi connectivity index (χ1) is 6.66. The van der Waals surface area contributed by atoms with Crippen LogP contribution in [0.2, 0.25) is 0 Å². The van der Waals surface area contributed by atoms with Crippen molar-refractivity contribution in [1.29, 1.82) is 0 Å². The summed E-state index contributed by atoms with van der Waals surface area (Å²) in [6.45, 7) is 2.58. The summed E-state index contributed by atoms with van der Waals surface area (Å²) in [6.07, 6.45) is 4.80. The Hall–Kier alpha value is -1.06. The Morgan fingerprint density at radius 3 is 2.86 bits per heavy atom. The van der Waals surface area contributed by atoms with Crippen LogP contribution in [0.3, 0.4) is 0 Å². The smallest absolute Gasteiger partial charge is 0.240 e. The molecular weight excluding hydrogens is 180 g/mol. The van der Waals surface area contributed by atoms with Crippen LogP contribution in [0.15, 0.2) is 0 Å². The van der Waals surface area contributed by atoms with Gasteiger partial charge in [-0.2, -0.15) is 0 Å². The van der Waals surface area contributed by atoms with Crippen molar-refractivity contribution in [1.82, 2.24) is 4.90 Å². The van der Waals surface area contributed by atoms with Gasteiger partial charge in [0.25, 0.3) is 0 Å². The number of likely N-dealkylation sites (tertiary alicyclic amines) is 1. The van der Waals surface area contributed by atoms with E-state index >= 15 is 0 Å². The van der Waals surface area contributed by atoms with E-state index in [1.165, 1.54) is 0 Å². The van der Waals surface area contributed by atoms with Gasteiger partial charge in [-0.25, -0.2) is 0 Å². The third-order valence-electron chi connectivity index (χ3n) is 2.45. The van der Waals surface area contributed by atoms with Gasteiger partial charge in [-0.3, -0.25) is 9.59 Å². The summed E-state index contributed by atoms with van der Waals surface area (Å²) >= 11 is 0. The average molecular weight is 197 g/mol. The Kier molecular flexibility index (Phi) is 3.92. The molecular formula is C10H17N2O2. The third-order valence-corrected chi connectivity index (χ3v) is 2.45. The largest absolute Gasteiger partial charge is 0.368 e. The highest BCUT2D eigenvalue weighted by Crippen LogP contribution is 2.17. The van der Waals surface area contributed by atoms with E-state index in [2.05, 4.69) is 0 Å². The molecule has 1 rings (SSSR count). The number of primary amides is 1. The quantitative estimate of drug-likeness (QED) is 0.714. The van der Waals surface area contributed by atoms with Gasteiger partial charge in [0.2, 0.25) is 11.8 Å². The molecule has 1 atom stereocenters. The van der Waals surface area contributed by atoms with E-state index in [9.17, 15) is 9.59 Å². The zero-order valence-corrected chi connectivity index (χ0v) is 8.53. The highest BCUT2D eigenvalue weighted by atomic mass is 16.2. The Bertz CT molecular complexity index is 228. The number of carbonyl (C=O) groups is 2. The second kappa shape index (κ2) is 4.98. The van der Waals surface area contributed by atoms with Gasteiger partial charge >= 0.3 is 0 Å². The number of hydrogen-bond acceptors (Lipinski definition) is 2. The van der Waals surface area contributed by atoms with Crippen LogP contribution in [0.4, 0.5) is 0 Å². The van der Waals surface area contributed by atoms with Gasteiger partial charge in [0.1, 0.15) is 6.04 Å². The fourth-order valence-electron chi connectivity index (χ4n) is 1.71. The molecule has 0 spiro atoms. The Morgan fingerprint density at radius 2 is 2.29 bits per heavy atom. The van der Waals surface area contributed by atoms with Crippen LogP contribution in [0, 0.1) is 6.42 Å². The summed E-state index contributed by atoms with van der Waals surface area (Å²) in [4.78, 5) is 24.3. The number of carbonyl (C=O) groups excluding carboxylic acids is 2. The molecule has 0 saturated carbocycles. The van der Waals surface area contributed by atoms with Gasteiger partial charge in [-0.15, -0.1) is 0 Å². The lowest BCUT2D eigenvalue weighted by atomic mass is 10.0. The highest BCUT2D eigenvalue weighted by Gasteiger charge is 2.29.